The van der Waals surface area contributed by atoms with Gasteiger partial charge in [-0.1, -0.05) is 18.2 Å². The Morgan fingerprint density at radius 1 is 1.25 bits per heavy atom. The number of anilines is 2. The number of benzene rings is 1. The van der Waals surface area contributed by atoms with Crippen molar-refractivity contribution in [2.24, 2.45) is 5.41 Å². The van der Waals surface area contributed by atoms with Gasteiger partial charge in [0.1, 0.15) is 5.82 Å². The highest BCUT2D eigenvalue weighted by atomic mass is 19.3. The fourth-order valence-corrected chi connectivity index (χ4v) is 4.81. The molecule has 1 N–H and O–H groups in total. The lowest BCUT2D eigenvalue weighted by molar-refractivity contribution is -0.0731. The van der Waals surface area contributed by atoms with Gasteiger partial charge in [0.05, 0.1) is 34.8 Å². The number of alkyl halides is 2. The van der Waals surface area contributed by atoms with Crippen LogP contribution in [-0.2, 0) is 11.3 Å². The minimum Gasteiger partial charge on any atom is -0.381 e. The van der Waals surface area contributed by atoms with E-state index in [9.17, 15) is 13.2 Å². The predicted octanol–water partition coefficient (Wildman–Crippen LogP) is 4.64. The van der Waals surface area contributed by atoms with Crippen LogP contribution in [0.15, 0.2) is 30.5 Å². The Hall–Kier alpha value is -2.94. The summed E-state index contributed by atoms with van der Waals surface area (Å²) in [5.41, 5.74) is 2.26. The van der Waals surface area contributed by atoms with E-state index < -0.39 is 17.8 Å². The standard InChI is InChI=1S/C23H24F3N5O/c1-13-20-18(6-15(10-27-20)31-11-23(12-31)7-16(8-23)32-2)22(30-29-13)28-9-14-4-3-5-17(19(14)24)21(25)26/h3-6,10,16,21H,7-9,11-12H2,1-2H3,(H,28,30). The number of halogens is 3. The summed E-state index contributed by atoms with van der Waals surface area (Å²) in [5.74, 6) is -0.459. The summed E-state index contributed by atoms with van der Waals surface area (Å²) in [6.07, 6.45) is 1.51. The van der Waals surface area contributed by atoms with Gasteiger partial charge in [-0.25, -0.2) is 13.2 Å². The van der Waals surface area contributed by atoms with Crippen LogP contribution in [0.1, 0.15) is 36.1 Å². The van der Waals surface area contributed by atoms with Crippen molar-refractivity contribution in [2.45, 2.75) is 38.8 Å². The van der Waals surface area contributed by atoms with E-state index in [4.69, 9.17) is 4.74 Å². The third-order valence-corrected chi connectivity index (χ3v) is 6.63. The summed E-state index contributed by atoms with van der Waals surface area (Å²) in [5, 5.41) is 12.2. The van der Waals surface area contributed by atoms with Crippen molar-refractivity contribution in [3.63, 3.8) is 0 Å². The fraction of sp³-hybridized carbons (Fsp3) is 0.435. The molecule has 0 radical (unpaired) electrons. The second kappa shape index (κ2) is 7.88. The minimum atomic E-state index is -2.86. The molecule has 0 unspecified atom stereocenters. The van der Waals surface area contributed by atoms with Crippen molar-refractivity contribution in [3.05, 3.63) is 53.1 Å². The number of nitrogens with zero attached hydrogens (tertiary/aromatic N) is 4. The number of aryl methyl sites for hydroxylation is 1. The van der Waals surface area contributed by atoms with Crippen LogP contribution in [0.2, 0.25) is 0 Å². The molecule has 0 bridgehead atoms. The van der Waals surface area contributed by atoms with Gasteiger partial charge >= 0.3 is 0 Å². The van der Waals surface area contributed by atoms with Crippen LogP contribution < -0.4 is 10.2 Å². The van der Waals surface area contributed by atoms with Gasteiger partial charge in [-0.2, -0.15) is 5.10 Å². The molecule has 2 fully saturated rings. The molecule has 1 spiro atoms. The Morgan fingerprint density at radius 2 is 2.03 bits per heavy atom. The van der Waals surface area contributed by atoms with Crippen molar-refractivity contribution in [2.75, 3.05) is 30.4 Å². The molecule has 2 aliphatic rings. The maximum absolute atomic E-state index is 14.4. The molecular weight excluding hydrogens is 419 g/mol. The summed E-state index contributed by atoms with van der Waals surface area (Å²) >= 11 is 0. The molecule has 5 rings (SSSR count). The van der Waals surface area contributed by atoms with Crippen molar-refractivity contribution in [1.82, 2.24) is 15.2 Å². The molecule has 0 atom stereocenters. The molecule has 32 heavy (non-hydrogen) atoms. The van der Waals surface area contributed by atoms with Crippen LogP contribution >= 0.6 is 0 Å². The quantitative estimate of drug-likeness (QED) is 0.599. The Kier molecular flexibility index (Phi) is 5.16. The molecule has 168 valence electrons. The summed E-state index contributed by atoms with van der Waals surface area (Å²) in [6.45, 7) is 3.77. The summed E-state index contributed by atoms with van der Waals surface area (Å²) in [7, 11) is 1.76. The monoisotopic (exact) mass is 443 g/mol. The molecule has 1 saturated carbocycles. The van der Waals surface area contributed by atoms with E-state index >= 15 is 0 Å². The van der Waals surface area contributed by atoms with Crippen LogP contribution in [0.25, 0.3) is 10.9 Å². The lowest BCUT2D eigenvalue weighted by Gasteiger charge is -2.59. The van der Waals surface area contributed by atoms with Crippen LogP contribution in [0.5, 0.6) is 0 Å². The Labute approximate surface area is 183 Å². The fourth-order valence-electron chi connectivity index (χ4n) is 4.81. The van der Waals surface area contributed by atoms with Crippen LogP contribution in [0.4, 0.5) is 24.7 Å². The van der Waals surface area contributed by atoms with Gasteiger partial charge in [-0.05, 0) is 25.8 Å². The van der Waals surface area contributed by atoms with Crippen molar-refractivity contribution < 1.29 is 17.9 Å². The normalized spacial score (nSPS) is 17.6. The highest BCUT2D eigenvalue weighted by Crippen LogP contribution is 2.50. The molecule has 3 aromatic rings. The maximum Gasteiger partial charge on any atom is 0.266 e. The van der Waals surface area contributed by atoms with Gasteiger partial charge in [-0.3, -0.25) is 4.98 Å². The highest BCUT2D eigenvalue weighted by Gasteiger charge is 2.52. The number of pyridine rings is 1. The molecule has 1 aliphatic heterocycles. The van der Waals surface area contributed by atoms with Gasteiger partial charge < -0.3 is 15.0 Å². The summed E-state index contributed by atoms with van der Waals surface area (Å²) in [6, 6.07) is 6.01. The van der Waals surface area contributed by atoms with E-state index in [-0.39, 0.29) is 12.1 Å². The lowest BCUT2D eigenvalue weighted by Crippen LogP contribution is -2.64. The van der Waals surface area contributed by atoms with E-state index in [1.807, 2.05) is 19.2 Å². The average Bonchev–Trinajstić information content (AvgIpc) is 2.72. The first kappa shape index (κ1) is 20.9. The first-order valence-electron chi connectivity index (χ1n) is 10.6. The zero-order valence-corrected chi connectivity index (χ0v) is 17.9. The van der Waals surface area contributed by atoms with Gasteiger partial charge in [0, 0.05) is 43.1 Å². The van der Waals surface area contributed by atoms with Crippen molar-refractivity contribution >= 4 is 22.4 Å². The van der Waals surface area contributed by atoms with E-state index in [0.29, 0.717) is 28.5 Å². The molecule has 6 nitrogen and oxygen atoms in total. The van der Waals surface area contributed by atoms with E-state index in [1.54, 1.807) is 7.11 Å². The molecule has 1 aromatic carbocycles. The SMILES string of the molecule is COC1CC2(C1)CN(c1cnc3c(C)nnc(NCc4cccc(C(F)F)c4F)c3c1)C2. The van der Waals surface area contributed by atoms with Crippen molar-refractivity contribution in [1.29, 1.82) is 0 Å². The van der Waals surface area contributed by atoms with Crippen molar-refractivity contribution in [3.8, 4) is 0 Å². The molecule has 2 aromatic heterocycles. The summed E-state index contributed by atoms with van der Waals surface area (Å²) < 4.78 is 45.8. The summed E-state index contributed by atoms with van der Waals surface area (Å²) in [4.78, 5) is 6.88. The van der Waals surface area contributed by atoms with Gasteiger partial charge in [0.15, 0.2) is 5.82 Å². The second-order valence-corrected chi connectivity index (χ2v) is 8.82. The second-order valence-electron chi connectivity index (χ2n) is 8.82. The number of hydrogen-bond donors (Lipinski definition) is 1. The van der Waals surface area contributed by atoms with Gasteiger partial charge in [0.25, 0.3) is 6.43 Å². The maximum atomic E-state index is 14.4. The number of ether oxygens (including phenoxy) is 1. The molecule has 1 saturated heterocycles. The third-order valence-electron chi connectivity index (χ3n) is 6.63. The van der Waals surface area contributed by atoms with Crippen LogP contribution in [-0.4, -0.2) is 41.5 Å². The van der Waals surface area contributed by atoms with E-state index in [2.05, 4.69) is 25.4 Å². The third kappa shape index (κ3) is 3.54. The lowest BCUT2D eigenvalue weighted by atomic mass is 9.61. The van der Waals surface area contributed by atoms with Gasteiger partial charge in [0.2, 0.25) is 0 Å². The number of hydrogen-bond acceptors (Lipinski definition) is 6. The Bertz CT molecular complexity index is 1160. The number of nitrogens with one attached hydrogen (secondary N) is 1. The molecular formula is C23H24F3N5O. The minimum absolute atomic E-state index is 0.00862. The molecule has 3 heterocycles. The van der Waals surface area contributed by atoms with Crippen LogP contribution in [0, 0.1) is 18.2 Å². The van der Waals surface area contributed by atoms with Crippen LogP contribution in [0.3, 0.4) is 0 Å². The zero-order valence-electron chi connectivity index (χ0n) is 17.9. The van der Waals surface area contributed by atoms with E-state index in [0.717, 1.165) is 43.1 Å². The Morgan fingerprint density at radius 3 is 2.75 bits per heavy atom. The largest absolute Gasteiger partial charge is 0.381 e. The number of aromatic nitrogens is 3. The molecule has 9 heteroatoms. The first-order chi connectivity index (χ1) is 15.4. The predicted molar refractivity (Wildman–Crippen MR) is 115 cm³/mol. The van der Waals surface area contributed by atoms with E-state index in [1.165, 1.54) is 12.1 Å². The number of rotatable bonds is 6. The smallest absolute Gasteiger partial charge is 0.266 e. The molecule has 0 amide bonds. The number of methoxy groups -OCH3 is 1. The van der Waals surface area contributed by atoms with Gasteiger partial charge in [-0.15, -0.1) is 5.10 Å². The molecule has 1 aliphatic carbocycles. The average molecular weight is 443 g/mol. The first-order valence-corrected chi connectivity index (χ1v) is 10.6. The number of fused-ring (bicyclic) bond motifs is 1. The topological polar surface area (TPSA) is 63.2 Å². The Balaban J connectivity index is 1.38. The zero-order chi connectivity index (χ0) is 22.5. The highest BCUT2D eigenvalue weighted by molar-refractivity contribution is 5.92.